The van der Waals surface area contributed by atoms with Gasteiger partial charge in [0, 0.05) is 67.9 Å². The van der Waals surface area contributed by atoms with E-state index in [2.05, 4.69) is 41.0 Å². The zero-order chi connectivity index (χ0) is 44.8. The van der Waals surface area contributed by atoms with E-state index in [0.717, 1.165) is 98.8 Å². The van der Waals surface area contributed by atoms with Crippen LogP contribution in [-0.4, -0.2) is 103 Å². The Balaban J connectivity index is 0.000000214. The molecule has 3 aromatic heterocycles. The molecule has 2 aliphatic carbocycles. The lowest BCUT2D eigenvalue weighted by atomic mass is 9.78. The fraction of sp³-hybridized carbons (Fsp3) is 0.511. The molecule has 4 fully saturated rings. The van der Waals surface area contributed by atoms with Crippen molar-refractivity contribution >= 4 is 50.3 Å². The molecule has 4 aliphatic rings. The molecular weight excluding hydrogens is 864 g/mol. The lowest BCUT2D eigenvalue weighted by Gasteiger charge is -2.31. The summed E-state index contributed by atoms with van der Waals surface area (Å²) in [6, 6.07) is 7.87. The highest BCUT2D eigenvalue weighted by atomic mass is 35.5. The molecule has 2 saturated carbocycles. The molecule has 0 bridgehead atoms. The molecule has 9 rings (SSSR count). The molecule has 0 spiro atoms. The number of nitrogens with zero attached hydrogens (tertiary/aromatic N) is 9. The maximum atomic E-state index is 15.1. The topological polar surface area (TPSA) is 181 Å². The molecule has 19 heteroatoms. The van der Waals surface area contributed by atoms with Crippen molar-refractivity contribution in [1.29, 1.82) is 0 Å². The number of benzene rings is 2. The third-order valence-corrected chi connectivity index (χ3v) is 14.6. The Morgan fingerprint density at radius 2 is 1.53 bits per heavy atom. The molecule has 64 heavy (non-hydrogen) atoms. The van der Waals surface area contributed by atoms with Crippen LogP contribution in [0.25, 0.3) is 22.3 Å². The summed E-state index contributed by atoms with van der Waals surface area (Å²) in [7, 11) is -4.24. The van der Waals surface area contributed by atoms with E-state index in [9.17, 15) is 22.4 Å². The second kappa shape index (κ2) is 20.2. The van der Waals surface area contributed by atoms with Crippen molar-refractivity contribution in [1.82, 2.24) is 49.5 Å². The third kappa shape index (κ3) is 10.9. The van der Waals surface area contributed by atoms with E-state index in [1.54, 1.807) is 18.3 Å². The number of urea groups is 1. The first-order valence-corrected chi connectivity index (χ1v) is 24.2. The van der Waals surface area contributed by atoms with Gasteiger partial charge < -0.3 is 20.4 Å². The number of hydrogen-bond donors (Lipinski definition) is 2. The molecule has 0 radical (unpaired) electrons. The van der Waals surface area contributed by atoms with Crippen LogP contribution in [0.2, 0.25) is 5.28 Å². The van der Waals surface area contributed by atoms with Gasteiger partial charge in [-0.2, -0.15) is 10.2 Å². The minimum atomic E-state index is -4.24. The van der Waals surface area contributed by atoms with Gasteiger partial charge in [0.2, 0.25) is 11.2 Å². The van der Waals surface area contributed by atoms with Crippen LogP contribution in [0, 0.1) is 30.4 Å². The van der Waals surface area contributed by atoms with Crippen LogP contribution in [-0.2, 0) is 21.2 Å². The number of rotatable bonds is 10. The number of fused-ring (bicyclic) bond motifs is 1. The van der Waals surface area contributed by atoms with E-state index in [1.807, 2.05) is 16.7 Å². The number of aromatic nitrogens is 7. The van der Waals surface area contributed by atoms with Crippen LogP contribution in [0.1, 0.15) is 94.7 Å². The van der Waals surface area contributed by atoms with Gasteiger partial charge in [-0.25, -0.2) is 35.9 Å². The van der Waals surface area contributed by atoms with E-state index >= 15 is 4.39 Å². The average molecular weight is 919 g/mol. The maximum absolute atomic E-state index is 15.1. The van der Waals surface area contributed by atoms with Gasteiger partial charge in [-0.1, -0.05) is 30.5 Å². The normalized spacial score (nSPS) is 21.4. The predicted octanol–water partition coefficient (Wildman–Crippen LogP) is 7.73. The molecule has 2 saturated heterocycles. The van der Waals surface area contributed by atoms with Gasteiger partial charge in [0.05, 0.1) is 23.0 Å². The molecule has 5 aromatic rings. The maximum Gasteiger partial charge on any atom is 0.317 e. The quantitative estimate of drug-likeness (QED) is 0.140. The Morgan fingerprint density at radius 3 is 2.27 bits per heavy atom. The summed E-state index contributed by atoms with van der Waals surface area (Å²) in [5.41, 5.74) is 1.58. The average Bonchev–Trinajstić information content (AvgIpc) is 4.09. The van der Waals surface area contributed by atoms with Crippen molar-refractivity contribution in [3.63, 3.8) is 0 Å². The summed E-state index contributed by atoms with van der Waals surface area (Å²) in [6.45, 7) is 5.31. The zero-order valence-corrected chi connectivity index (χ0v) is 37.5. The molecular formula is C45H54ClF2N11O4S. The number of likely N-dealkylation sites (tertiary alicyclic amines) is 2. The summed E-state index contributed by atoms with van der Waals surface area (Å²) >= 11 is 5.67. The zero-order valence-electron chi connectivity index (χ0n) is 35.9. The van der Waals surface area contributed by atoms with Gasteiger partial charge in [0.15, 0.2) is 11.6 Å². The number of carbonyl (C=O) groups is 2. The van der Waals surface area contributed by atoms with Crippen LogP contribution in [0.15, 0.2) is 59.9 Å². The summed E-state index contributed by atoms with van der Waals surface area (Å²) in [4.78, 5) is 37.3. The summed E-state index contributed by atoms with van der Waals surface area (Å²) in [5, 5.41) is 22.7. The van der Waals surface area contributed by atoms with Crippen LogP contribution in [0.4, 0.5) is 19.4 Å². The number of carbonyl (C=O) groups excluding carboxylic acids is 2. The first-order valence-electron chi connectivity index (χ1n) is 22.4. The SMILES string of the molecule is Cc1ccc(S(=O)(=O)n2cc(-c3nncc(N[C@@H]4CCC[C@H](NC(=O)N5CCCC5)C4)n3)c3cc(F)cc(F)c32)cc1.O=C(C[C@@H]1CCC[C@H](Cc2cnc(Cl)nn2)C1)N1CCCC1. The van der Waals surface area contributed by atoms with Crippen LogP contribution < -0.4 is 10.6 Å². The highest BCUT2D eigenvalue weighted by Crippen LogP contribution is 2.35. The van der Waals surface area contributed by atoms with Gasteiger partial charge >= 0.3 is 6.03 Å². The Hall–Kier alpha value is -5.36. The Kier molecular flexibility index (Phi) is 14.3. The van der Waals surface area contributed by atoms with Crippen molar-refractivity contribution in [2.24, 2.45) is 11.8 Å². The standard InChI is InChI=1S/C29H31F2N7O3S.C16H23ClN4O/c1-18-7-9-22(10-8-18)42(40,41)38-17-24(23-13-19(30)14-25(31)27(23)38)28-35-26(16-32-36-28)33-20-5-4-6-21(15-20)34-29(39)37-11-2-3-12-37;17-16-18-11-14(19-20-16)9-12-4-3-5-13(8-12)10-15(22)21-6-1-2-7-21/h7-10,13-14,16-17,20-21H,2-6,11-12,15H2,1H3,(H,34,39)(H,33,35,36);11-13H,1-10H2/t20-,21+;12-,13+/m10/s1. The van der Waals surface area contributed by atoms with Gasteiger partial charge in [-0.15, -0.1) is 10.2 Å². The van der Waals surface area contributed by atoms with Gasteiger partial charge in [0.25, 0.3) is 10.0 Å². The fourth-order valence-electron chi connectivity index (χ4n) is 9.56. The van der Waals surface area contributed by atoms with E-state index in [1.165, 1.54) is 56.6 Å². The van der Waals surface area contributed by atoms with Crippen molar-refractivity contribution < 1.29 is 26.8 Å². The highest BCUT2D eigenvalue weighted by Gasteiger charge is 2.30. The van der Waals surface area contributed by atoms with Crippen molar-refractivity contribution in [3.05, 3.63) is 83.2 Å². The fourth-order valence-corrected chi connectivity index (χ4v) is 11.0. The van der Waals surface area contributed by atoms with Crippen molar-refractivity contribution in [2.75, 3.05) is 31.5 Å². The molecule has 4 atom stereocenters. The molecule has 2 aliphatic heterocycles. The molecule has 340 valence electrons. The number of aryl methyl sites for hydroxylation is 1. The van der Waals surface area contributed by atoms with Gasteiger partial charge in [-0.05, 0) is 119 Å². The Bertz CT molecular complexity index is 2540. The van der Waals surface area contributed by atoms with E-state index in [4.69, 9.17) is 11.6 Å². The lowest BCUT2D eigenvalue weighted by molar-refractivity contribution is -0.131. The smallest absolute Gasteiger partial charge is 0.317 e. The minimum Gasteiger partial charge on any atom is -0.366 e. The molecule has 15 nitrogen and oxygen atoms in total. The van der Waals surface area contributed by atoms with Crippen molar-refractivity contribution in [2.45, 2.75) is 114 Å². The second-order valence-corrected chi connectivity index (χ2v) is 19.7. The van der Waals surface area contributed by atoms with E-state index < -0.39 is 21.7 Å². The first-order chi connectivity index (χ1) is 30.9. The first kappa shape index (κ1) is 45.2. The molecule has 5 heterocycles. The third-order valence-electron chi connectivity index (χ3n) is 12.8. The summed E-state index contributed by atoms with van der Waals surface area (Å²) in [6.07, 6.45) is 18.4. The van der Waals surface area contributed by atoms with E-state index in [-0.39, 0.29) is 50.6 Å². The van der Waals surface area contributed by atoms with Gasteiger partial charge in [0.1, 0.15) is 17.2 Å². The summed E-state index contributed by atoms with van der Waals surface area (Å²) in [5.74, 6) is -0.0200. The number of nitrogens with one attached hydrogen (secondary N) is 2. The van der Waals surface area contributed by atoms with Crippen LogP contribution in [0.5, 0.6) is 0 Å². The number of hydrogen-bond acceptors (Lipinski definition) is 11. The molecule has 3 amide bonds. The predicted molar refractivity (Wildman–Crippen MR) is 238 cm³/mol. The highest BCUT2D eigenvalue weighted by molar-refractivity contribution is 7.90. The Labute approximate surface area is 376 Å². The minimum absolute atomic E-state index is 0.00416. The van der Waals surface area contributed by atoms with Crippen LogP contribution >= 0.6 is 11.6 Å². The molecule has 2 aromatic carbocycles. The van der Waals surface area contributed by atoms with Crippen LogP contribution in [0.3, 0.4) is 0 Å². The molecule has 2 N–H and O–H groups in total. The number of halogens is 3. The van der Waals surface area contributed by atoms with E-state index in [0.29, 0.717) is 36.0 Å². The summed E-state index contributed by atoms with van der Waals surface area (Å²) < 4.78 is 57.4. The largest absolute Gasteiger partial charge is 0.366 e. The lowest BCUT2D eigenvalue weighted by Crippen LogP contribution is -2.47. The Morgan fingerprint density at radius 1 is 0.828 bits per heavy atom. The molecule has 0 unspecified atom stereocenters. The number of anilines is 1. The van der Waals surface area contributed by atoms with Crippen molar-refractivity contribution in [3.8, 4) is 11.4 Å². The van der Waals surface area contributed by atoms with Gasteiger partial charge in [-0.3, -0.25) is 4.79 Å². The monoisotopic (exact) mass is 917 g/mol. The number of amides is 3. The second-order valence-electron chi connectivity index (χ2n) is 17.6.